The first kappa shape index (κ1) is 32.7. The number of rotatable bonds is 8. The molecule has 9 rings (SSSR count). The highest BCUT2D eigenvalue weighted by molar-refractivity contribution is 6.10. The zero-order valence-corrected chi connectivity index (χ0v) is 29.3. The fourth-order valence-electron chi connectivity index (χ4n) is 8.46. The van der Waals surface area contributed by atoms with E-state index in [-0.39, 0.29) is 29.6 Å². The molecule has 6 aromatic rings. The topological polar surface area (TPSA) is 172 Å². The molecular formula is C39H39N11O3. The molecule has 2 bridgehead atoms. The first-order valence-electron chi connectivity index (χ1n) is 18.0. The number of phenols is 1. The first-order chi connectivity index (χ1) is 25.8. The number of carbonyl (C=O) groups is 2. The van der Waals surface area contributed by atoms with E-state index in [1.807, 2.05) is 59.3 Å². The smallest absolute Gasteiger partial charge is 0.249 e. The van der Waals surface area contributed by atoms with Gasteiger partial charge in [-0.1, -0.05) is 30.3 Å². The van der Waals surface area contributed by atoms with Gasteiger partial charge in [-0.2, -0.15) is 0 Å². The second-order valence-electron chi connectivity index (χ2n) is 14.3. The van der Waals surface area contributed by atoms with Gasteiger partial charge in [-0.3, -0.25) is 19.8 Å². The van der Waals surface area contributed by atoms with Crippen molar-refractivity contribution >= 4 is 51.2 Å². The molecule has 3 aliphatic heterocycles. The van der Waals surface area contributed by atoms with Crippen molar-refractivity contribution in [1.82, 2.24) is 39.9 Å². The lowest BCUT2D eigenvalue weighted by molar-refractivity contribution is -0.135. The lowest BCUT2D eigenvalue weighted by atomic mass is 10.1. The predicted octanol–water partition coefficient (Wildman–Crippen LogP) is 4.19. The lowest BCUT2D eigenvalue weighted by Crippen LogP contribution is -2.54. The van der Waals surface area contributed by atoms with Gasteiger partial charge in [-0.05, 0) is 68.3 Å². The summed E-state index contributed by atoms with van der Waals surface area (Å²) in [5.41, 5.74) is 12.1. The molecule has 14 nitrogen and oxygen atoms in total. The number of fused-ring (bicyclic) bond motifs is 5. The number of nitrogens with zero attached hydrogens (tertiary/aromatic N) is 9. The number of pyridine rings is 1. The number of hydrogen-bond acceptors (Lipinski definition) is 12. The minimum atomic E-state index is -0.507. The maximum absolute atomic E-state index is 13.0. The number of imide groups is 1. The summed E-state index contributed by atoms with van der Waals surface area (Å²) in [4.78, 5) is 46.4. The summed E-state index contributed by atoms with van der Waals surface area (Å²) in [5, 5.41) is 23.5. The molecule has 7 heterocycles. The average Bonchev–Trinajstić information content (AvgIpc) is 3.63. The van der Waals surface area contributed by atoms with Gasteiger partial charge >= 0.3 is 0 Å². The quantitative estimate of drug-likeness (QED) is 0.193. The maximum Gasteiger partial charge on any atom is 0.249 e. The molecule has 0 radical (unpaired) electrons. The molecule has 2 amide bonds. The van der Waals surface area contributed by atoms with Crippen molar-refractivity contribution in [1.29, 1.82) is 0 Å². The van der Waals surface area contributed by atoms with E-state index in [0.29, 0.717) is 43.0 Å². The standard InChI is InChI=1S/C39H39N11O3/c1-47(19-23-14-16-41-37-35(23)28-7-2-4-8-30(28)50(37)31-12-13-34(52)44-38(31)53)20-24-15-17-42-39(43-24)49-25-10-11-26(49)22-48(21-25)32-18-29(45-46-36(32)40)27-6-3-5-9-33(27)51/h2-9,14-18,25-26,31,51H,10-13,19-22H2,1H3,(H2,40,46)(H,44,52,53). The Bertz CT molecular complexity index is 2380. The van der Waals surface area contributed by atoms with E-state index in [4.69, 9.17) is 20.7 Å². The van der Waals surface area contributed by atoms with Crippen LogP contribution in [0.15, 0.2) is 79.1 Å². The molecule has 53 heavy (non-hydrogen) atoms. The molecule has 0 saturated carbocycles. The molecule has 3 saturated heterocycles. The number of amides is 2. The molecule has 4 N–H and O–H groups in total. The molecule has 4 aromatic heterocycles. The first-order valence-corrected chi connectivity index (χ1v) is 18.0. The number of benzene rings is 2. The SMILES string of the molecule is CN(Cc1ccnc(N2C3CCC2CN(c2cc(-c4ccccc4O)nnc2N)C3)n1)Cc1ccnc2c1c1ccccc1n2C1CCC(=O)NC1=O. The van der Waals surface area contributed by atoms with Crippen LogP contribution in [0.3, 0.4) is 0 Å². The van der Waals surface area contributed by atoms with Crippen molar-refractivity contribution in [2.75, 3.05) is 35.7 Å². The van der Waals surface area contributed by atoms with Crippen molar-refractivity contribution in [3.63, 3.8) is 0 Å². The average molecular weight is 710 g/mol. The summed E-state index contributed by atoms with van der Waals surface area (Å²) in [6, 6.07) is 21.0. The van der Waals surface area contributed by atoms with Crippen LogP contribution in [-0.4, -0.2) is 83.8 Å². The molecule has 268 valence electrons. The maximum atomic E-state index is 13.0. The number of aromatic hydroxyl groups is 1. The number of para-hydroxylation sites is 2. The predicted molar refractivity (Wildman–Crippen MR) is 201 cm³/mol. The van der Waals surface area contributed by atoms with E-state index in [0.717, 1.165) is 70.8 Å². The van der Waals surface area contributed by atoms with Gasteiger partial charge in [-0.15, -0.1) is 10.2 Å². The highest BCUT2D eigenvalue weighted by Gasteiger charge is 2.42. The number of anilines is 3. The summed E-state index contributed by atoms with van der Waals surface area (Å²) < 4.78 is 1.99. The number of aromatic nitrogens is 6. The molecule has 3 aliphatic rings. The Morgan fingerprint density at radius 2 is 1.70 bits per heavy atom. The normalized spacial score (nSPS) is 20.2. The van der Waals surface area contributed by atoms with Gasteiger partial charge in [-0.25, -0.2) is 15.0 Å². The largest absolute Gasteiger partial charge is 0.507 e. The third kappa shape index (κ3) is 5.84. The van der Waals surface area contributed by atoms with Gasteiger partial charge in [0.1, 0.15) is 17.4 Å². The van der Waals surface area contributed by atoms with E-state index < -0.39 is 6.04 Å². The van der Waals surface area contributed by atoms with Crippen LogP contribution in [0.4, 0.5) is 17.5 Å². The number of carbonyl (C=O) groups excluding carboxylic acids is 2. The Labute approximate surface area is 305 Å². The highest BCUT2D eigenvalue weighted by Crippen LogP contribution is 2.39. The second kappa shape index (κ2) is 13.1. The Hall–Kier alpha value is -6.15. The van der Waals surface area contributed by atoms with Gasteiger partial charge in [0.15, 0.2) is 5.82 Å². The minimum Gasteiger partial charge on any atom is -0.507 e. The monoisotopic (exact) mass is 709 g/mol. The Kier molecular flexibility index (Phi) is 8.10. The molecule has 3 atom stereocenters. The van der Waals surface area contributed by atoms with Gasteiger partial charge in [0.25, 0.3) is 0 Å². The molecule has 0 spiro atoms. The molecule has 14 heteroatoms. The van der Waals surface area contributed by atoms with Crippen LogP contribution < -0.4 is 20.9 Å². The van der Waals surface area contributed by atoms with Crippen molar-refractivity contribution in [2.24, 2.45) is 0 Å². The van der Waals surface area contributed by atoms with Crippen LogP contribution in [0, 0.1) is 0 Å². The molecule has 3 fully saturated rings. The van der Waals surface area contributed by atoms with Gasteiger partial charge < -0.3 is 25.2 Å². The van der Waals surface area contributed by atoms with Crippen LogP contribution in [-0.2, 0) is 22.7 Å². The van der Waals surface area contributed by atoms with Gasteiger partial charge in [0.05, 0.1) is 22.6 Å². The van der Waals surface area contributed by atoms with Gasteiger partial charge in [0.2, 0.25) is 17.8 Å². The van der Waals surface area contributed by atoms with Crippen LogP contribution in [0.5, 0.6) is 5.75 Å². The number of piperazine rings is 1. The number of phenolic OH excluding ortho intramolecular Hbond substituents is 1. The van der Waals surface area contributed by atoms with E-state index in [2.05, 4.69) is 43.3 Å². The Morgan fingerprint density at radius 1 is 0.925 bits per heavy atom. The lowest BCUT2D eigenvalue weighted by Gasteiger charge is -2.42. The zero-order valence-electron chi connectivity index (χ0n) is 29.3. The Morgan fingerprint density at radius 3 is 2.51 bits per heavy atom. The van der Waals surface area contributed by atoms with E-state index in [9.17, 15) is 14.7 Å². The summed E-state index contributed by atoms with van der Waals surface area (Å²) in [7, 11) is 2.08. The number of hydrogen-bond donors (Lipinski definition) is 3. The zero-order chi connectivity index (χ0) is 36.2. The summed E-state index contributed by atoms with van der Waals surface area (Å²) in [5.74, 6) is 0.719. The van der Waals surface area contributed by atoms with Crippen molar-refractivity contribution < 1.29 is 14.7 Å². The van der Waals surface area contributed by atoms with E-state index in [1.165, 1.54) is 0 Å². The molecule has 2 aromatic carbocycles. The van der Waals surface area contributed by atoms with E-state index >= 15 is 0 Å². The number of piperidine rings is 1. The number of nitrogen functional groups attached to an aromatic ring is 1. The summed E-state index contributed by atoms with van der Waals surface area (Å²) in [6.07, 6.45) is 6.41. The number of nitrogens with one attached hydrogen (secondary N) is 1. The van der Waals surface area contributed by atoms with Crippen molar-refractivity contribution in [2.45, 2.75) is 56.9 Å². The van der Waals surface area contributed by atoms with Crippen molar-refractivity contribution in [3.05, 3.63) is 90.4 Å². The van der Waals surface area contributed by atoms with E-state index in [1.54, 1.807) is 18.3 Å². The third-order valence-corrected chi connectivity index (χ3v) is 10.8. The minimum absolute atomic E-state index is 0.150. The van der Waals surface area contributed by atoms with Crippen LogP contribution >= 0.6 is 0 Å². The fourth-order valence-corrected chi connectivity index (χ4v) is 8.46. The summed E-state index contributed by atoms with van der Waals surface area (Å²) in [6.45, 7) is 2.72. The summed E-state index contributed by atoms with van der Waals surface area (Å²) >= 11 is 0. The third-order valence-electron chi connectivity index (χ3n) is 10.8. The second-order valence-corrected chi connectivity index (χ2v) is 14.3. The van der Waals surface area contributed by atoms with Crippen molar-refractivity contribution in [3.8, 4) is 17.0 Å². The number of nitrogens with two attached hydrogens (primary N) is 1. The molecular weight excluding hydrogens is 671 g/mol. The molecule has 0 aliphatic carbocycles. The van der Waals surface area contributed by atoms with Crippen LogP contribution in [0.25, 0.3) is 33.2 Å². The van der Waals surface area contributed by atoms with Crippen LogP contribution in [0.1, 0.15) is 43.0 Å². The Balaban J connectivity index is 0.936. The molecule has 3 unspecified atom stereocenters. The van der Waals surface area contributed by atoms with Gasteiger partial charge in [0, 0.05) is 73.4 Å². The fraction of sp³-hybridized carbons (Fsp3) is 0.308. The highest BCUT2D eigenvalue weighted by atomic mass is 16.3. The van der Waals surface area contributed by atoms with Crippen LogP contribution in [0.2, 0.25) is 0 Å².